The van der Waals surface area contributed by atoms with E-state index in [4.69, 9.17) is 9.47 Å². The molecular weight excluding hydrogens is 280 g/mol. The largest absolute Gasteiger partial charge is 0.377 e. The molecule has 0 unspecified atom stereocenters. The van der Waals surface area contributed by atoms with Gasteiger partial charge in [-0.15, -0.1) is 0 Å². The molecule has 126 valence electrons. The molecule has 1 aliphatic carbocycles. The van der Waals surface area contributed by atoms with E-state index in [2.05, 4.69) is 4.90 Å². The highest BCUT2D eigenvalue weighted by Crippen LogP contribution is 2.42. The molecule has 2 atom stereocenters. The van der Waals surface area contributed by atoms with Crippen LogP contribution in [0.4, 0.5) is 0 Å². The van der Waals surface area contributed by atoms with Gasteiger partial charge in [-0.2, -0.15) is 0 Å². The second-order valence-electron chi connectivity index (χ2n) is 7.45. The highest BCUT2D eigenvalue weighted by Gasteiger charge is 2.47. The van der Waals surface area contributed by atoms with Gasteiger partial charge in [0.15, 0.2) is 0 Å². The highest BCUT2D eigenvalue weighted by atomic mass is 16.5. The minimum absolute atomic E-state index is 0.0383. The van der Waals surface area contributed by atoms with Gasteiger partial charge < -0.3 is 14.4 Å². The molecule has 5 heteroatoms. The number of amides is 1. The van der Waals surface area contributed by atoms with Crippen LogP contribution in [-0.4, -0.2) is 74.9 Å². The Kier molecular flexibility index (Phi) is 5.05. The van der Waals surface area contributed by atoms with E-state index in [-0.39, 0.29) is 17.9 Å². The summed E-state index contributed by atoms with van der Waals surface area (Å²) in [6.07, 6.45) is 7.77. The molecule has 1 saturated carbocycles. The monoisotopic (exact) mass is 310 g/mol. The van der Waals surface area contributed by atoms with Gasteiger partial charge in [-0.25, -0.2) is 0 Å². The highest BCUT2D eigenvalue weighted by molar-refractivity contribution is 5.76. The molecule has 0 radical (unpaired) electrons. The number of likely N-dealkylation sites (tertiary alicyclic amines) is 1. The van der Waals surface area contributed by atoms with Crippen molar-refractivity contribution in [2.75, 3.05) is 47.0 Å². The molecule has 1 amide bonds. The number of likely N-dealkylation sites (N-methyl/N-ethyl adjacent to an activating group) is 1. The Bertz CT molecular complexity index is 397. The lowest BCUT2D eigenvalue weighted by Crippen LogP contribution is -2.59. The van der Waals surface area contributed by atoms with Crippen LogP contribution in [0, 0.1) is 5.41 Å². The summed E-state index contributed by atoms with van der Waals surface area (Å²) in [4.78, 5) is 16.0. The number of carbonyl (C=O) groups is 1. The van der Waals surface area contributed by atoms with Crippen LogP contribution >= 0.6 is 0 Å². The Labute approximate surface area is 133 Å². The molecule has 2 aliphatic heterocycles. The van der Waals surface area contributed by atoms with Crippen molar-refractivity contribution in [1.82, 2.24) is 9.80 Å². The minimum Gasteiger partial charge on any atom is -0.377 e. The topological polar surface area (TPSA) is 42.0 Å². The number of hydrogen-bond acceptors (Lipinski definition) is 4. The van der Waals surface area contributed by atoms with E-state index in [0.717, 1.165) is 45.0 Å². The van der Waals surface area contributed by atoms with E-state index in [0.29, 0.717) is 12.7 Å². The lowest BCUT2D eigenvalue weighted by Gasteiger charge is -2.53. The summed E-state index contributed by atoms with van der Waals surface area (Å²) in [5.41, 5.74) is 0.0959. The molecule has 2 heterocycles. The first-order chi connectivity index (χ1) is 10.6. The fraction of sp³-hybridized carbons (Fsp3) is 0.941. The van der Waals surface area contributed by atoms with Gasteiger partial charge in [0.25, 0.3) is 0 Å². The van der Waals surface area contributed by atoms with Crippen molar-refractivity contribution < 1.29 is 14.3 Å². The first kappa shape index (κ1) is 16.2. The normalized spacial score (nSPS) is 33.1. The van der Waals surface area contributed by atoms with Gasteiger partial charge in [0.05, 0.1) is 12.7 Å². The summed E-state index contributed by atoms with van der Waals surface area (Å²) in [6, 6.07) is 0.781. The van der Waals surface area contributed by atoms with Crippen molar-refractivity contribution >= 4 is 5.91 Å². The van der Waals surface area contributed by atoms with Crippen LogP contribution in [0.3, 0.4) is 0 Å². The lowest BCUT2D eigenvalue weighted by atomic mass is 9.72. The molecule has 3 fully saturated rings. The van der Waals surface area contributed by atoms with E-state index in [1.165, 1.54) is 19.3 Å². The number of carbonyl (C=O) groups excluding carboxylic acids is 1. The second kappa shape index (κ2) is 6.85. The number of fused-ring (bicyclic) bond motifs is 1. The van der Waals surface area contributed by atoms with Gasteiger partial charge in [-0.1, -0.05) is 6.42 Å². The summed E-state index contributed by atoms with van der Waals surface area (Å²) in [5, 5.41) is 0. The lowest BCUT2D eigenvalue weighted by molar-refractivity contribution is -0.165. The van der Waals surface area contributed by atoms with Gasteiger partial charge in [0.2, 0.25) is 5.91 Å². The van der Waals surface area contributed by atoms with E-state index in [1.807, 2.05) is 0 Å². The van der Waals surface area contributed by atoms with Crippen molar-refractivity contribution in [3.63, 3.8) is 0 Å². The Morgan fingerprint density at radius 1 is 1.32 bits per heavy atom. The van der Waals surface area contributed by atoms with Crippen molar-refractivity contribution in [2.24, 2.45) is 5.41 Å². The number of ether oxygens (including phenoxy) is 2. The van der Waals surface area contributed by atoms with Crippen LogP contribution in [-0.2, 0) is 14.3 Å². The van der Waals surface area contributed by atoms with Gasteiger partial charge >= 0.3 is 0 Å². The molecule has 0 bridgehead atoms. The third kappa shape index (κ3) is 3.31. The van der Waals surface area contributed by atoms with Crippen molar-refractivity contribution in [3.05, 3.63) is 0 Å². The van der Waals surface area contributed by atoms with Crippen LogP contribution < -0.4 is 0 Å². The van der Waals surface area contributed by atoms with Gasteiger partial charge in [-0.05, 0) is 32.1 Å². The molecule has 0 N–H and O–H groups in total. The zero-order chi connectivity index (χ0) is 15.6. The molecule has 22 heavy (non-hydrogen) atoms. The summed E-state index contributed by atoms with van der Waals surface area (Å²) in [6.45, 7) is 3.96. The maximum Gasteiger partial charge on any atom is 0.248 e. The van der Waals surface area contributed by atoms with Crippen molar-refractivity contribution in [1.29, 1.82) is 0 Å². The van der Waals surface area contributed by atoms with E-state index < -0.39 is 0 Å². The Morgan fingerprint density at radius 3 is 2.82 bits per heavy atom. The van der Waals surface area contributed by atoms with Crippen molar-refractivity contribution in [3.8, 4) is 0 Å². The van der Waals surface area contributed by atoms with Gasteiger partial charge in [-0.3, -0.25) is 9.69 Å². The smallest absolute Gasteiger partial charge is 0.248 e. The van der Waals surface area contributed by atoms with Crippen LogP contribution in [0.5, 0.6) is 0 Å². The van der Waals surface area contributed by atoms with Gasteiger partial charge in [0, 0.05) is 45.2 Å². The van der Waals surface area contributed by atoms with Crippen LogP contribution in [0.1, 0.15) is 38.5 Å². The van der Waals surface area contributed by atoms with Crippen LogP contribution in [0.15, 0.2) is 0 Å². The maximum atomic E-state index is 11.7. The molecule has 3 aliphatic rings. The van der Waals surface area contributed by atoms with Crippen LogP contribution in [0.2, 0.25) is 0 Å². The van der Waals surface area contributed by atoms with Gasteiger partial charge in [0.1, 0.15) is 6.61 Å². The molecule has 0 aromatic rings. The first-order valence-electron chi connectivity index (χ1n) is 8.74. The zero-order valence-electron chi connectivity index (χ0n) is 14.1. The SMILES string of the molecule is CN(C)C(=O)COC[C@]12CCCO[C@H]1CCN(C1CCC1)C2. The minimum atomic E-state index is 0.0383. The Morgan fingerprint density at radius 2 is 2.14 bits per heavy atom. The van der Waals surface area contributed by atoms with E-state index >= 15 is 0 Å². The second-order valence-corrected chi connectivity index (χ2v) is 7.45. The number of nitrogens with zero attached hydrogens (tertiary/aromatic N) is 2. The number of piperidine rings is 1. The molecule has 0 spiro atoms. The average molecular weight is 310 g/mol. The molecule has 5 nitrogen and oxygen atoms in total. The zero-order valence-corrected chi connectivity index (χ0v) is 14.1. The molecule has 0 aromatic carbocycles. The molecular formula is C17H30N2O3. The fourth-order valence-electron chi connectivity index (χ4n) is 4.07. The molecule has 0 aromatic heterocycles. The Hall–Kier alpha value is -0.650. The van der Waals surface area contributed by atoms with E-state index in [1.54, 1.807) is 19.0 Å². The maximum absolute atomic E-state index is 11.7. The summed E-state index contributed by atoms with van der Waals surface area (Å²) >= 11 is 0. The molecule has 3 rings (SSSR count). The summed E-state index contributed by atoms with van der Waals surface area (Å²) in [7, 11) is 3.55. The predicted molar refractivity (Wildman–Crippen MR) is 84.7 cm³/mol. The molecule has 2 saturated heterocycles. The first-order valence-corrected chi connectivity index (χ1v) is 8.74. The summed E-state index contributed by atoms with van der Waals surface area (Å²) < 4.78 is 11.9. The Balaban J connectivity index is 1.60. The number of hydrogen-bond donors (Lipinski definition) is 0. The number of rotatable bonds is 5. The quantitative estimate of drug-likeness (QED) is 0.772. The third-order valence-electron chi connectivity index (χ3n) is 5.72. The predicted octanol–water partition coefficient (Wildman–Crippen LogP) is 1.51. The van der Waals surface area contributed by atoms with E-state index in [9.17, 15) is 4.79 Å². The summed E-state index contributed by atoms with van der Waals surface area (Å²) in [5.74, 6) is 0.0383. The van der Waals surface area contributed by atoms with Crippen LogP contribution in [0.25, 0.3) is 0 Å². The van der Waals surface area contributed by atoms with Crippen molar-refractivity contribution in [2.45, 2.75) is 50.7 Å². The fourth-order valence-corrected chi connectivity index (χ4v) is 4.07. The standard InChI is InChI=1S/C17H30N2O3/c1-18(2)16(20)11-21-13-17-8-4-10-22-15(17)7-9-19(12-17)14-5-3-6-14/h14-15H,3-13H2,1-2H3/t15-,17+/m0/s1. The third-order valence-corrected chi connectivity index (χ3v) is 5.72. The average Bonchev–Trinajstić information content (AvgIpc) is 2.45.